The highest BCUT2D eigenvalue weighted by Gasteiger charge is 2.53. The molecule has 1 aliphatic heterocycles. The summed E-state index contributed by atoms with van der Waals surface area (Å²) in [5.41, 5.74) is 7.06. The summed E-state index contributed by atoms with van der Waals surface area (Å²) in [4.78, 5) is 13.3. The highest BCUT2D eigenvalue weighted by atomic mass is 19.1. The molecule has 5 nitrogen and oxygen atoms in total. The Balaban J connectivity index is 1.37. The molecule has 0 atom stereocenters. The Hall–Kier alpha value is -1.92. The molecule has 2 bridgehead atoms. The van der Waals surface area contributed by atoms with E-state index >= 15 is 0 Å². The number of benzene rings is 1. The first kappa shape index (κ1) is 22.3. The lowest BCUT2D eigenvalue weighted by atomic mass is 9.51. The van der Waals surface area contributed by atoms with Crippen LogP contribution in [0.25, 0.3) is 0 Å². The highest BCUT2D eigenvalue weighted by Crippen LogP contribution is 2.58. The monoisotopic (exact) mass is 430 g/mol. The first-order valence-electron chi connectivity index (χ1n) is 11.5. The number of nitrogens with one attached hydrogen (secondary N) is 1. The molecule has 4 fully saturated rings. The maximum absolute atomic E-state index is 13.3. The van der Waals surface area contributed by atoms with Crippen molar-refractivity contribution < 1.29 is 18.7 Å². The standard InChI is InChI=1S/C25H35FN2O3/c1-23(12-14-30-15-13-23)28-22(29)25-9-6-24(7-10-25,8-11-25)20-2-4-21(5-3-20)31-18-19(16-26)17-27/h2-5,16H,6-15,17-18,27H2,1H3,(H,28,29). The van der Waals surface area contributed by atoms with Crippen LogP contribution in [0.15, 0.2) is 36.2 Å². The lowest BCUT2D eigenvalue weighted by Crippen LogP contribution is -2.58. The van der Waals surface area contributed by atoms with Crippen LogP contribution in [0.4, 0.5) is 4.39 Å². The van der Waals surface area contributed by atoms with Crippen molar-refractivity contribution in [3.05, 3.63) is 41.7 Å². The highest BCUT2D eigenvalue weighted by molar-refractivity contribution is 5.84. The van der Waals surface area contributed by atoms with E-state index in [1.54, 1.807) is 0 Å². The second-order valence-electron chi connectivity index (χ2n) is 9.97. The zero-order valence-corrected chi connectivity index (χ0v) is 18.6. The Labute approximate surface area is 184 Å². The number of carbonyl (C=O) groups excluding carboxylic acids is 1. The molecule has 1 saturated heterocycles. The Kier molecular flexibility index (Phi) is 6.40. The van der Waals surface area contributed by atoms with Crippen LogP contribution in [-0.4, -0.2) is 37.8 Å². The van der Waals surface area contributed by atoms with Gasteiger partial charge in [-0.05, 0) is 81.4 Å². The minimum Gasteiger partial charge on any atom is -0.489 e. The van der Waals surface area contributed by atoms with Crippen LogP contribution in [0.5, 0.6) is 5.75 Å². The SMILES string of the molecule is CC1(NC(=O)C23CCC(c4ccc(OCC(=CF)CN)cc4)(CC2)CC3)CCOCC1. The number of hydrogen-bond acceptors (Lipinski definition) is 4. The molecule has 0 radical (unpaired) electrons. The van der Waals surface area contributed by atoms with Crippen LogP contribution in [0.1, 0.15) is 63.9 Å². The molecule has 31 heavy (non-hydrogen) atoms. The number of amides is 1. The molecule has 1 heterocycles. The number of rotatable bonds is 7. The fourth-order valence-corrected chi connectivity index (χ4v) is 5.53. The van der Waals surface area contributed by atoms with Crippen molar-refractivity contribution in [2.24, 2.45) is 11.1 Å². The van der Waals surface area contributed by atoms with Gasteiger partial charge >= 0.3 is 0 Å². The summed E-state index contributed by atoms with van der Waals surface area (Å²) >= 11 is 0. The average Bonchev–Trinajstić information content (AvgIpc) is 2.81. The third-order valence-electron chi connectivity index (χ3n) is 8.05. The summed E-state index contributed by atoms with van der Waals surface area (Å²) in [5, 5.41) is 3.40. The topological polar surface area (TPSA) is 73.6 Å². The first-order chi connectivity index (χ1) is 14.9. The first-order valence-corrected chi connectivity index (χ1v) is 11.5. The van der Waals surface area contributed by atoms with Crippen LogP contribution >= 0.6 is 0 Å². The molecule has 3 aliphatic carbocycles. The molecule has 4 aliphatic rings. The summed E-state index contributed by atoms with van der Waals surface area (Å²) in [6, 6.07) is 8.20. The van der Waals surface area contributed by atoms with Gasteiger partial charge in [-0.3, -0.25) is 4.79 Å². The molecule has 1 aromatic carbocycles. The normalized spacial score (nSPS) is 30.1. The molecule has 170 valence electrons. The van der Waals surface area contributed by atoms with Gasteiger partial charge in [0.15, 0.2) is 0 Å². The van der Waals surface area contributed by atoms with Crippen molar-refractivity contribution in [3.8, 4) is 5.75 Å². The number of carbonyl (C=O) groups is 1. The van der Waals surface area contributed by atoms with E-state index < -0.39 is 0 Å². The molecule has 6 heteroatoms. The molecule has 1 amide bonds. The minimum absolute atomic E-state index is 0.132. The van der Waals surface area contributed by atoms with E-state index in [9.17, 15) is 9.18 Å². The maximum atomic E-state index is 13.3. The molecule has 3 N–H and O–H groups in total. The second-order valence-corrected chi connectivity index (χ2v) is 9.97. The fraction of sp³-hybridized carbons (Fsp3) is 0.640. The van der Waals surface area contributed by atoms with Gasteiger partial charge < -0.3 is 20.5 Å². The van der Waals surface area contributed by atoms with Crippen molar-refractivity contribution in [2.75, 3.05) is 26.4 Å². The molecule has 1 aromatic rings. The van der Waals surface area contributed by atoms with Crippen molar-refractivity contribution in [1.29, 1.82) is 0 Å². The van der Waals surface area contributed by atoms with Crippen molar-refractivity contribution >= 4 is 5.91 Å². The van der Waals surface area contributed by atoms with Crippen LogP contribution in [0.3, 0.4) is 0 Å². The summed E-state index contributed by atoms with van der Waals surface area (Å²) in [5.74, 6) is 0.976. The van der Waals surface area contributed by atoms with Gasteiger partial charge in [-0.25, -0.2) is 4.39 Å². The van der Waals surface area contributed by atoms with Gasteiger partial charge in [0.2, 0.25) is 5.91 Å². The zero-order chi connectivity index (χ0) is 22.0. The maximum Gasteiger partial charge on any atom is 0.226 e. The summed E-state index contributed by atoms with van der Waals surface area (Å²) < 4.78 is 23.8. The van der Waals surface area contributed by atoms with Gasteiger partial charge in [-0.2, -0.15) is 0 Å². The summed E-state index contributed by atoms with van der Waals surface area (Å²) in [6.45, 7) is 3.93. The number of halogens is 1. The van der Waals surface area contributed by atoms with Crippen molar-refractivity contribution in [1.82, 2.24) is 5.32 Å². The van der Waals surface area contributed by atoms with Crippen molar-refractivity contribution in [3.63, 3.8) is 0 Å². The van der Waals surface area contributed by atoms with E-state index in [0.29, 0.717) is 11.9 Å². The minimum atomic E-state index is -0.205. The smallest absolute Gasteiger partial charge is 0.226 e. The van der Waals surface area contributed by atoms with Gasteiger partial charge in [-0.1, -0.05) is 12.1 Å². The Morgan fingerprint density at radius 1 is 1.10 bits per heavy atom. The van der Waals surface area contributed by atoms with E-state index in [4.69, 9.17) is 15.2 Å². The predicted octanol–water partition coefficient (Wildman–Crippen LogP) is 4.15. The molecule has 0 spiro atoms. The summed E-state index contributed by atoms with van der Waals surface area (Å²) in [7, 11) is 0. The number of hydrogen-bond donors (Lipinski definition) is 2. The van der Waals surface area contributed by atoms with E-state index in [1.807, 2.05) is 12.1 Å². The fourth-order valence-electron chi connectivity index (χ4n) is 5.53. The Bertz CT molecular complexity index is 790. The van der Waals surface area contributed by atoms with Gasteiger partial charge in [0.05, 0.1) is 6.33 Å². The lowest BCUT2D eigenvalue weighted by Gasteiger charge is -2.53. The van der Waals surface area contributed by atoms with Crippen molar-refractivity contribution in [2.45, 2.75) is 69.2 Å². The zero-order valence-electron chi connectivity index (χ0n) is 18.6. The number of ether oxygens (including phenoxy) is 2. The molecular formula is C25H35FN2O3. The van der Waals surface area contributed by atoms with Gasteiger partial charge in [0, 0.05) is 36.3 Å². The lowest BCUT2D eigenvalue weighted by molar-refractivity contribution is -0.141. The Morgan fingerprint density at radius 3 is 2.26 bits per heavy atom. The third-order valence-corrected chi connectivity index (χ3v) is 8.05. The molecule has 5 rings (SSSR count). The van der Waals surface area contributed by atoms with Crippen LogP contribution in [0.2, 0.25) is 0 Å². The molecular weight excluding hydrogens is 395 g/mol. The number of nitrogens with two attached hydrogens (primary N) is 1. The van der Waals surface area contributed by atoms with Crippen LogP contribution in [0, 0.1) is 5.41 Å². The van der Waals surface area contributed by atoms with Crippen LogP contribution < -0.4 is 15.8 Å². The third kappa shape index (κ3) is 4.51. The van der Waals surface area contributed by atoms with Crippen LogP contribution in [-0.2, 0) is 14.9 Å². The van der Waals surface area contributed by atoms with E-state index in [2.05, 4.69) is 24.4 Å². The molecule has 0 aromatic heterocycles. The van der Waals surface area contributed by atoms with E-state index in [0.717, 1.165) is 70.3 Å². The van der Waals surface area contributed by atoms with Gasteiger partial charge in [-0.15, -0.1) is 0 Å². The molecule has 0 unspecified atom stereocenters. The van der Waals surface area contributed by atoms with E-state index in [-0.39, 0.29) is 35.4 Å². The number of fused-ring (bicyclic) bond motifs is 3. The molecule has 3 saturated carbocycles. The van der Waals surface area contributed by atoms with E-state index in [1.165, 1.54) is 5.56 Å². The van der Waals surface area contributed by atoms with Gasteiger partial charge in [0.25, 0.3) is 0 Å². The predicted molar refractivity (Wildman–Crippen MR) is 119 cm³/mol. The average molecular weight is 431 g/mol. The summed E-state index contributed by atoms with van der Waals surface area (Å²) in [6.07, 6.45) is 8.28. The largest absolute Gasteiger partial charge is 0.489 e. The quantitative estimate of drug-likeness (QED) is 0.681. The second kappa shape index (κ2) is 8.91. The Morgan fingerprint density at radius 2 is 1.71 bits per heavy atom. The van der Waals surface area contributed by atoms with Gasteiger partial charge in [0.1, 0.15) is 12.4 Å².